The van der Waals surface area contributed by atoms with E-state index in [1.54, 1.807) is 12.0 Å². The second kappa shape index (κ2) is 5.25. The highest BCUT2D eigenvalue weighted by atomic mass is 16.5. The average molecular weight is 274 g/mol. The number of hydrogen-bond acceptors (Lipinski definition) is 3. The van der Waals surface area contributed by atoms with Gasteiger partial charge in [-0.1, -0.05) is 30.3 Å². The van der Waals surface area contributed by atoms with Crippen molar-refractivity contribution >= 4 is 11.8 Å². The van der Waals surface area contributed by atoms with Gasteiger partial charge in [0.1, 0.15) is 6.04 Å². The lowest BCUT2D eigenvalue weighted by atomic mass is 9.86. The number of carbonyl (C=O) groups is 2. The zero-order chi connectivity index (χ0) is 14.1. The number of hydrogen-bond donors (Lipinski definition) is 1. The fraction of sp³-hybridized carbons (Fsp3) is 0.467. The summed E-state index contributed by atoms with van der Waals surface area (Å²) < 4.78 is 5.24. The summed E-state index contributed by atoms with van der Waals surface area (Å²) >= 11 is 0. The molecule has 1 saturated heterocycles. The second-order valence-corrected chi connectivity index (χ2v) is 5.36. The molecular weight excluding hydrogens is 256 g/mol. The molecule has 2 fully saturated rings. The molecule has 1 unspecified atom stereocenters. The Morgan fingerprint density at radius 2 is 1.90 bits per heavy atom. The van der Waals surface area contributed by atoms with Gasteiger partial charge in [0, 0.05) is 13.2 Å². The van der Waals surface area contributed by atoms with Gasteiger partial charge in [-0.15, -0.1) is 0 Å². The lowest BCUT2D eigenvalue weighted by Gasteiger charge is -2.45. The molecule has 5 nitrogen and oxygen atoms in total. The first-order valence-corrected chi connectivity index (χ1v) is 6.86. The fourth-order valence-corrected chi connectivity index (χ4v) is 2.83. The largest absolute Gasteiger partial charge is 0.381 e. The maximum absolute atomic E-state index is 12.6. The van der Waals surface area contributed by atoms with Gasteiger partial charge in [0.25, 0.3) is 5.91 Å². The van der Waals surface area contributed by atoms with Crippen LogP contribution in [0.5, 0.6) is 0 Å². The summed E-state index contributed by atoms with van der Waals surface area (Å²) in [5.74, 6) is -0.116. The SMILES string of the molecule is COC1CC(N2CC(=O)NC(c3ccccc3)C2=O)C1. The minimum absolute atomic E-state index is 0.0182. The first-order valence-electron chi connectivity index (χ1n) is 6.86. The van der Waals surface area contributed by atoms with Crippen molar-refractivity contribution in [3.63, 3.8) is 0 Å². The summed E-state index contributed by atoms with van der Waals surface area (Å²) in [6, 6.07) is 8.95. The third-order valence-electron chi connectivity index (χ3n) is 4.13. The van der Waals surface area contributed by atoms with Gasteiger partial charge in [0.05, 0.1) is 12.6 Å². The van der Waals surface area contributed by atoms with Gasteiger partial charge in [0.15, 0.2) is 0 Å². The number of methoxy groups -OCH3 is 1. The van der Waals surface area contributed by atoms with Gasteiger partial charge in [-0.3, -0.25) is 9.59 Å². The summed E-state index contributed by atoms with van der Waals surface area (Å²) in [5.41, 5.74) is 0.832. The average Bonchev–Trinajstić information content (AvgIpc) is 2.42. The van der Waals surface area contributed by atoms with E-state index in [9.17, 15) is 9.59 Å². The number of nitrogens with zero attached hydrogens (tertiary/aromatic N) is 1. The molecule has 3 rings (SSSR count). The van der Waals surface area contributed by atoms with Crippen LogP contribution in [0.25, 0.3) is 0 Å². The number of carbonyl (C=O) groups excluding carboxylic acids is 2. The molecule has 1 saturated carbocycles. The fourth-order valence-electron chi connectivity index (χ4n) is 2.83. The van der Waals surface area contributed by atoms with Crippen LogP contribution < -0.4 is 5.32 Å². The molecule has 1 N–H and O–H groups in total. The monoisotopic (exact) mass is 274 g/mol. The number of piperazine rings is 1. The third-order valence-corrected chi connectivity index (χ3v) is 4.13. The van der Waals surface area contributed by atoms with Gasteiger partial charge in [-0.2, -0.15) is 0 Å². The Morgan fingerprint density at radius 1 is 1.20 bits per heavy atom. The minimum Gasteiger partial charge on any atom is -0.381 e. The van der Waals surface area contributed by atoms with Gasteiger partial charge in [-0.25, -0.2) is 0 Å². The lowest BCUT2D eigenvalue weighted by Crippen LogP contribution is -2.60. The minimum atomic E-state index is -0.556. The molecule has 20 heavy (non-hydrogen) atoms. The van der Waals surface area contributed by atoms with Gasteiger partial charge < -0.3 is 15.0 Å². The van der Waals surface area contributed by atoms with Crippen molar-refractivity contribution in [2.45, 2.75) is 31.0 Å². The van der Waals surface area contributed by atoms with Crippen molar-refractivity contribution in [1.82, 2.24) is 10.2 Å². The van der Waals surface area contributed by atoms with E-state index in [-0.39, 0.29) is 30.5 Å². The Kier molecular flexibility index (Phi) is 3.44. The predicted molar refractivity (Wildman–Crippen MR) is 72.9 cm³/mol. The van der Waals surface area contributed by atoms with Crippen LogP contribution in [0.3, 0.4) is 0 Å². The molecule has 1 aromatic rings. The highest BCUT2D eigenvalue weighted by Gasteiger charge is 2.42. The molecule has 1 heterocycles. The molecule has 1 aliphatic heterocycles. The molecule has 0 bridgehead atoms. The molecular formula is C15H18N2O3. The second-order valence-electron chi connectivity index (χ2n) is 5.36. The van der Waals surface area contributed by atoms with Crippen LogP contribution >= 0.6 is 0 Å². The van der Waals surface area contributed by atoms with E-state index in [1.807, 2.05) is 30.3 Å². The number of ether oxygens (including phenoxy) is 1. The maximum Gasteiger partial charge on any atom is 0.250 e. The quantitative estimate of drug-likeness (QED) is 0.889. The standard InChI is InChI=1S/C15H18N2O3/c1-20-12-7-11(8-12)17-9-13(18)16-14(15(17)19)10-5-3-2-4-6-10/h2-6,11-12,14H,7-9H2,1H3,(H,16,18). The number of benzene rings is 1. The number of amides is 2. The van der Waals surface area contributed by atoms with E-state index in [1.165, 1.54) is 0 Å². The molecule has 0 radical (unpaired) electrons. The van der Waals surface area contributed by atoms with Crippen molar-refractivity contribution < 1.29 is 14.3 Å². The normalized spacial score (nSPS) is 29.9. The summed E-state index contributed by atoms with van der Waals surface area (Å²) in [7, 11) is 1.68. The molecule has 2 amide bonds. The van der Waals surface area contributed by atoms with E-state index in [0.717, 1.165) is 18.4 Å². The summed E-state index contributed by atoms with van der Waals surface area (Å²) in [6.45, 7) is 0.156. The van der Waals surface area contributed by atoms with Crippen LogP contribution in [0.4, 0.5) is 0 Å². The van der Waals surface area contributed by atoms with E-state index in [4.69, 9.17) is 4.74 Å². The molecule has 1 atom stereocenters. The highest BCUT2D eigenvalue weighted by Crippen LogP contribution is 2.31. The summed E-state index contributed by atoms with van der Waals surface area (Å²) in [5, 5.41) is 2.78. The van der Waals surface area contributed by atoms with Crippen molar-refractivity contribution in [3.8, 4) is 0 Å². The van der Waals surface area contributed by atoms with Crippen LogP contribution in [-0.2, 0) is 14.3 Å². The van der Waals surface area contributed by atoms with Crippen LogP contribution in [0.15, 0.2) is 30.3 Å². The Hall–Kier alpha value is -1.88. The molecule has 106 valence electrons. The lowest BCUT2D eigenvalue weighted by molar-refractivity contribution is -0.151. The number of rotatable bonds is 3. The van der Waals surface area contributed by atoms with Crippen LogP contribution in [-0.4, -0.2) is 42.5 Å². The Labute approximate surface area is 117 Å². The van der Waals surface area contributed by atoms with E-state index in [2.05, 4.69) is 5.32 Å². The molecule has 0 aromatic heterocycles. The molecule has 1 aromatic carbocycles. The van der Waals surface area contributed by atoms with E-state index < -0.39 is 6.04 Å². The van der Waals surface area contributed by atoms with E-state index in [0.29, 0.717) is 0 Å². The van der Waals surface area contributed by atoms with Crippen molar-refractivity contribution in [3.05, 3.63) is 35.9 Å². The first kappa shape index (κ1) is 13.1. The smallest absolute Gasteiger partial charge is 0.250 e. The molecule has 5 heteroatoms. The van der Waals surface area contributed by atoms with Crippen LogP contribution in [0, 0.1) is 0 Å². The summed E-state index contributed by atoms with van der Waals surface area (Å²) in [6.07, 6.45) is 1.85. The van der Waals surface area contributed by atoms with Gasteiger partial charge in [-0.05, 0) is 18.4 Å². The molecule has 1 aliphatic carbocycles. The van der Waals surface area contributed by atoms with Crippen molar-refractivity contribution in [2.75, 3.05) is 13.7 Å². The maximum atomic E-state index is 12.6. The predicted octanol–water partition coefficient (Wildman–Crippen LogP) is 0.863. The Bertz CT molecular complexity index is 511. The van der Waals surface area contributed by atoms with Crippen molar-refractivity contribution in [1.29, 1.82) is 0 Å². The van der Waals surface area contributed by atoms with Crippen molar-refractivity contribution in [2.24, 2.45) is 0 Å². The zero-order valence-corrected chi connectivity index (χ0v) is 11.4. The Morgan fingerprint density at radius 3 is 2.55 bits per heavy atom. The van der Waals surface area contributed by atoms with Gasteiger partial charge >= 0.3 is 0 Å². The Balaban J connectivity index is 1.77. The molecule has 0 spiro atoms. The third kappa shape index (κ3) is 2.29. The topological polar surface area (TPSA) is 58.6 Å². The van der Waals surface area contributed by atoms with Crippen LogP contribution in [0.2, 0.25) is 0 Å². The first-order chi connectivity index (χ1) is 9.69. The van der Waals surface area contributed by atoms with Crippen LogP contribution in [0.1, 0.15) is 24.4 Å². The highest BCUT2D eigenvalue weighted by molar-refractivity contribution is 5.95. The van der Waals surface area contributed by atoms with E-state index >= 15 is 0 Å². The zero-order valence-electron chi connectivity index (χ0n) is 11.4. The number of nitrogens with one attached hydrogen (secondary N) is 1. The summed E-state index contributed by atoms with van der Waals surface area (Å²) in [4.78, 5) is 26.1. The molecule has 2 aliphatic rings. The van der Waals surface area contributed by atoms with Gasteiger partial charge in [0.2, 0.25) is 5.91 Å².